The van der Waals surface area contributed by atoms with Gasteiger partial charge in [-0.25, -0.2) is 0 Å². The molecule has 6 heteroatoms. The molecule has 1 aromatic heterocycles. The van der Waals surface area contributed by atoms with Gasteiger partial charge in [-0.05, 0) is 19.2 Å². The lowest BCUT2D eigenvalue weighted by Crippen LogP contribution is -2.30. The minimum Gasteiger partial charge on any atom is -0.313 e. The maximum Gasteiger partial charge on any atom is 0.175 e. The SMILES string of the molecule is CCNC(CC)CSc1nnc(SC)s1. The highest BCUT2D eigenvalue weighted by Gasteiger charge is 2.08. The van der Waals surface area contributed by atoms with Gasteiger partial charge in [0, 0.05) is 11.8 Å². The molecule has 1 aromatic rings. The van der Waals surface area contributed by atoms with Crippen molar-refractivity contribution in [2.75, 3.05) is 18.6 Å². The van der Waals surface area contributed by atoms with Crippen molar-refractivity contribution >= 4 is 34.9 Å². The number of hydrogen-bond donors (Lipinski definition) is 1. The minimum absolute atomic E-state index is 0.585. The van der Waals surface area contributed by atoms with Gasteiger partial charge >= 0.3 is 0 Å². The monoisotopic (exact) mass is 263 g/mol. The molecule has 1 rings (SSSR count). The van der Waals surface area contributed by atoms with Crippen molar-refractivity contribution in [3.05, 3.63) is 0 Å². The molecule has 3 nitrogen and oxygen atoms in total. The van der Waals surface area contributed by atoms with E-state index in [1.807, 2.05) is 6.26 Å². The van der Waals surface area contributed by atoms with E-state index in [4.69, 9.17) is 0 Å². The summed E-state index contributed by atoms with van der Waals surface area (Å²) >= 11 is 5.13. The van der Waals surface area contributed by atoms with E-state index < -0.39 is 0 Å². The highest BCUT2D eigenvalue weighted by Crippen LogP contribution is 2.27. The normalized spacial score (nSPS) is 13.0. The van der Waals surface area contributed by atoms with E-state index in [0.717, 1.165) is 27.4 Å². The summed E-state index contributed by atoms with van der Waals surface area (Å²) < 4.78 is 2.13. The maximum absolute atomic E-state index is 4.14. The predicted molar refractivity (Wildman–Crippen MR) is 70.2 cm³/mol. The molecule has 15 heavy (non-hydrogen) atoms. The van der Waals surface area contributed by atoms with Gasteiger partial charge in [-0.1, -0.05) is 48.7 Å². The van der Waals surface area contributed by atoms with Crippen LogP contribution in [-0.2, 0) is 0 Å². The van der Waals surface area contributed by atoms with Gasteiger partial charge in [0.2, 0.25) is 0 Å². The van der Waals surface area contributed by atoms with E-state index >= 15 is 0 Å². The lowest BCUT2D eigenvalue weighted by molar-refractivity contribution is 0.560. The van der Waals surface area contributed by atoms with E-state index in [1.54, 1.807) is 34.9 Å². The molecule has 0 amide bonds. The molecule has 0 spiro atoms. The van der Waals surface area contributed by atoms with Crippen molar-refractivity contribution in [1.29, 1.82) is 0 Å². The zero-order valence-corrected chi connectivity index (χ0v) is 11.8. The first-order chi connectivity index (χ1) is 7.30. The summed E-state index contributed by atoms with van der Waals surface area (Å²) in [6, 6.07) is 0.585. The molecule has 0 radical (unpaired) electrons. The molecule has 1 N–H and O–H groups in total. The van der Waals surface area contributed by atoms with Crippen molar-refractivity contribution in [2.24, 2.45) is 0 Å². The Morgan fingerprint density at radius 2 is 2.07 bits per heavy atom. The van der Waals surface area contributed by atoms with Gasteiger partial charge in [-0.2, -0.15) is 0 Å². The van der Waals surface area contributed by atoms with Crippen LogP contribution >= 0.6 is 34.9 Å². The fraction of sp³-hybridized carbons (Fsp3) is 0.778. The molecule has 86 valence electrons. The van der Waals surface area contributed by atoms with Gasteiger partial charge < -0.3 is 5.32 Å². The molecule has 0 aromatic carbocycles. The molecule has 0 bridgehead atoms. The van der Waals surface area contributed by atoms with E-state index in [9.17, 15) is 0 Å². The molecule has 0 aliphatic heterocycles. The van der Waals surface area contributed by atoms with Crippen molar-refractivity contribution in [3.8, 4) is 0 Å². The van der Waals surface area contributed by atoms with Crippen molar-refractivity contribution < 1.29 is 0 Å². The van der Waals surface area contributed by atoms with Crippen LogP contribution in [0.3, 0.4) is 0 Å². The van der Waals surface area contributed by atoms with Crippen LogP contribution in [0.1, 0.15) is 20.3 Å². The number of nitrogens with zero attached hydrogens (tertiary/aromatic N) is 2. The smallest absolute Gasteiger partial charge is 0.175 e. The molecule has 0 aliphatic rings. The summed E-state index contributed by atoms with van der Waals surface area (Å²) in [5, 5.41) is 11.7. The first-order valence-corrected chi connectivity index (χ1v) is 8.06. The molecule has 0 aliphatic carbocycles. The Hall–Kier alpha value is 0.220. The fourth-order valence-corrected chi connectivity index (χ4v) is 3.76. The molecule has 1 unspecified atom stereocenters. The second-order valence-electron chi connectivity index (χ2n) is 3.01. The molecular formula is C9H17N3S3. The van der Waals surface area contributed by atoms with Crippen molar-refractivity contribution in [2.45, 2.75) is 35.0 Å². The maximum atomic E-state index is 4.14. The quantitative estimate of drug-likeness (QED) is 0.766. The number of thioether (sulfide) groups is 2. The van der Waals surface area contributed by atoms with Gasteiger partial charge in [0.25, 0.3) is 0 Å². The van der Waals surface area contributed by atoms with Crippen LogP contribution in [0.4, 0.5) is 0 Å². The Bertz CT molecular complexity index is 277. The predicted octanol–water partition coefficient (Wildman–Crippen LogP) is 2.74. The number of aromatic nitrogens is 2. The second kappa shape index (κ2) is 7.49. The average Bonchev–Trinajstić information content (AvgIpc) is 2.72. The van der Waals surface area contributed by atoms with Crippen LogP contribution in [0, 0.1) is 0 Å². The summed E-state index contributed by atoms with van der Waals surface area (Å²) in [5.74, 6) is 1.08. The summed E-state index contributed by atoms with van der Waals surface area (Å²) in [4.78, 5) is 0. The summed E-state index contributed by atoms with van der Waals surface area (Å²) in [6.45, 7) is 5.39. The summed E-state index contributed by atoms with van der Waals surface area (Å²) in [7, 11) is 0. The zero-order chi connectivity index (χ0) is 11.1. The van der Waals surface area contributed by atoms with Crippen LogP contribution in [0.15, 0.2) is 8.68 Å². The molecule has 0 saturated heterocycles. The van der Waals surface area contributed by atoms with Crippen molar-refractivity contribution in [1.82, 2.24) is 15.5 Å². The van der Waals surface area contributed by atoms with Gasteiger partial charge in [-0.3, -0.25) is 0 Å². The number of nitrogens with one attached hydrogen (secondary N) is 1. The van der Waals surface area contributed by atoms with Crippen LogP contribution in [0.5, 0.6) is 0 Å². The Morgan fingerprint density at radius 1 is 1.33 bits per heavy atom. The molecular weight excluding hydrogens is 246 g/mol. The second-order valence-corrected chi connectivity index (χ2v) is 6.31. The minimum atomic E-state index is 0.585. The lowest BCUT2D eigenvalue weighted by atomic mass is 10.2. The largest absolute Gasteiger partial charge is 0.313 e. The number of rotatable bonds is 7. The average molecular weight is 263 g/mol. The topological polar surface area (TPSA) is 37.8 Å². The third-order valence-electron chi connectivity index (χ3n) is 1.96. The van der Waals surface area contributed by atoms with Crippen molar-refractivity contribution in [3.63, 3.8) is 0 Å². The van der Waals surface area contributed by atoms with E-state index in [1.165, 1.54) is 0 Å². The Morgan fingerprint density at radius 3 is 2.60 bits per heavy atom. The van der Waals surface area contributed by atoms with Crippen LogP contribution < -0.4 is 5.32 Å². The van der Waals surface area contributed by atoms with Gasteiger partial charge in [0.1, 0.15) is 0 Å². The molecule has 0 saturated carbocycles. The molecule has 1 atom stereocenters. The Kier molecular flexibility index (Phi) is 6.63. The third kappa shape index (κ3) is 4.72. The fourth-order valence-electron chi connectivity index (χ4n) is 1.12. The first kappa shape index (κ1) is 13.3. The van der Waals surface area contributed by atoms with Crippen LogP contribution in [0.25, 0.3) is 0 Å². The van der Waals surface area contributed by atoms with E-state index in [0.29, 0.717) is 6.04 Å². The van der Waals surface area contributed by atoms with Gasteiger partial charge in [0.05, 0.1) is 0 Å². The first-order valence-electron chi connectivity index (χ1n) is 5.03. The van der Waals surface area contributed by atoms with Gasteiger partial charge in [-0.15, -0.1) is 10.2 Å². The van der Waals surface area contributed by atoms with Crippen LogP contribution in [0.2, 0.25) is 0 Å². The molecule has 0 fully saturated rings. The Balaban J connectivity index is 2.34. The number of hydrogen-bond acceptors (Lipinski definition) is 6. The van der Waals surface area contributed by atoms with Gasteiger partial charge in [0.15, 0.2) is 8.68 Å². The highest BCUT2D eigenvalue weighted by atomic mass is 32.2. The van der Waals surface area contributed by atoms with E-state index in [-0.39, 0.29) is 0 Å². The van der Waals surface area contributed by atoms with Crippen LogP contribution in [-0.4, -0.2) is 34.8 Å². The highest BCUT2D eigenvalue weighted by molar-refractivity contribution is 8.03. The standard InChI is InChI=1S/C9H17N3S3/c1-4-7(10-5-2)6-14-9-12-11-8(13-3)15-9/h7,10H,4-6H2,1-3H3. The zero-order valence-electron chi connectivity index (χ0n) is 9.32. The summed E-state index contributed by atoms with van der Waals surface area (Å²) in [6.07, 6.45) is 3.19. The summed E-state index contributed by atoms with van der Waals surface area (Å²) in [5.41, 5.74) is 0. The van der Waals surface area contributed by atoms with E-state index in [2.05, 4.69) is 29.4 Å². The third-order valence-corrected chi connectivity index (χ3v) is 5.15. The Labute approximate surface area is 104 Å². The lowest BCUT2D eigenvalue weighted by Gasteiger charge is -2.13. The molecule has 1 heterocycles.